The summed E-state index contributed by atoms with van der Waals surface area (Å²) in [5.74, 6) is 1.01. The van der Waals surface area contributed by atoms with Gasteiger partial charge in [0.15, 0.2) is 11.6 Å². The summed E-state index contributed by atoms with van der Waals surface area (Å²) in [7, 11) is 1.79. The molecule has 1 aliphatic carbocycles. The van der Waals surface area contributed by atoms with Crippen molar-refractivity contribution in [3.63, 3.8) is 0 Å². The van der Waals surface area contributed by atoms with Crippen molar-refractivity contribution < 1.29 is 18.8 Å². The molecule has 4 rings (SSSR count). The largest absolute Gasteiger partial charge is 0.465 e. The number of furan rings is 1. The Bertz CT molecular complexity index is 924. The molecule has 0 spiro atoms. The average Bonchev–Trinajstić information content (AvgIpc) is 3.24. The van der Waals surface area contributed by atoms with E-state index in [0.29, 0.717) is 54.4 Å². The molecule has 0 radical (unpaired) electrons. The number of rotatable bonds is 3. The van der Waals surface area contributed by atoms with Gasteiger partial charge in [-0.1, -0.05) is 0 Å². The van der Waals surface area contributed by atoms with Gasteiger partial charge in [0.25, 0.3) is 5.91 Å². The number of amides is 1. The zero-order valence-corrected chi connectivity index (χ0v) is 15.7. The molecule has 1 fully saturated rings. The Balaban J connectivity index is 1.58. The molecule has 1 amide bonds. The van der Waals surface area contributed by atoms with Crippen molar-refractivity contribution in [3.8, 4) is 0 Å². The van der Waals surface area contributed by atoms with E-state index in [2.05, 4.69) is 4.98 Å². The van der Waals surface area contributed by atoms with Gasteiger partial charge in [0.05, 0.1) is 11.1 Å². The first-order chi connectivity index (χ1) is 13.0. The lowest BCUT2D eigenvalue weighted by molar-refractivity contribution is 0.0628. The molecule has 1 aliphatic heterocycles. The summed E-state index contributed by atoms with van der Waals surface area (Å²) in [6.07, 6.45) is 6.73. The van der Waals surface area contributed by atoms with Crippen LogP contribution in [0.1, 0.15) is 68.5 Å². The van der Waals surface area contributed by atoms with Crippen molar-refractivity contribution in [1.82, 2.24) is 14.5 Å². The number of imidazole rings is 1. The van der Waals surface area contributed by atoms with Gasteiger partial charge in [-0.3, -0.25) is 14.4 Å². The van der Waals surface area contributed by atoms with Crippen LogP contribution in [0.5, 0.6) is 0 Å². The van der Waals surface area contributed by atoms with E-state index in [-0.39, 0.29) is 23.4 Å². The maximum absolute atomic E-state index is 13.2. The second kappa shape index (κ2) is 6.79. The molecule has 1 saturated heterocycles. The van der Waals surface area contributed by atoms with Crippen molar-refractivity contribution in [3.05, 3.63) is 40.9 Å². The van der Waals surface area contributed by atoms with E-state index in [1.54, 1.807) is 35.8 Å². The lowest BCUT2D eigenvalue weighted by Gasteiger charge is -2.32. The van der Waals surface area contributed by atoms with Crippen molar-refractivity contribution in [2.24, 2.45) is 13.0 Å². The van der Waals surface area contributed by atoms with Crippen LogP contribution in [0.3, 0.4) is 0 Å². The van der Waals surface area contributed by atoms with Crippen LogP contribution in [0.25, 0.3) is 0 Å². The van der Waals surface area contributed by atoms with Crippen LogP contribution in [-0.4, -0.2) is 45.0 Å². The molecule has 1 atom stereocenters. The van der Waals surface area contributed by atoms with Gasteiger partial charge < -0.3 is 13.9 Å². The van der Waals surface area contributed by atoms with E-state index in [1.165, 1.54) is 0 Å². The number of piperidine rings is 1. The maximum Gasteiger partial charge on any atom is 0.258 e. The van der Waals surface area contributed by atoms with Gasteiger partial charge in [-0.2, -0.15) is 0 Å². The molecule has 0 unspecified atom stereocenters. The van der Waals surface area contributed by atoms with Crippen LogP contribution in [-0.2, 0) is 13.5 Å². The zero-order chi connectivity index (χ0) is 19.1. The average molecular weight is 369 g/mol. The summed E-state index contributed by atoms with van der Waals surface area (Å²) in [4.78, 5) is 44.2. The molecule has 2 aliphatic rings. The Kier molecular flexibility index (Phi) is 4.45. The predicted molar refractivity (Wildman–Crippen MR) is 96.9 cm³/mol. The van der Waals surface area contributed by atoms with Crippen molar-refractivity contribution in [2.45, 2.75) is 39.0 Å². The number of carbonyl (C=O) groups excluding carboxylic acids is 3. The highest BCUT2D eigenvalue weighted by molar-refractivity contribution is 6.10. The smallest absolute Gasteiger partial charge is 0.258 e. The molecule has 7 heteroatoms. The van der Waals surface area contributed by atoms with Crippen LogP contribution in [0.4, 0.5) is 0 Å². The Morgan fingerprint density at radius 2 is 2.07 bits per heavy atom. The molecular weight excluding hydrogens is 346 g/mol. The lowest BCUT2D eigenvalue weighted by Crippen LogP contribution is -2.43. The number of aryl methyl sites for hydroxylation is 3. The highest BCUT2D eigenvalue weighted by atomic mass is 16.3. The Labute approximate surface area is 157 Å². The van der Waals surface area contributed by atoms with Crippen LogP contribution in [0, 0.1) is 12.8 Å². The number of aromatic nitrogens is 2. The first kappa shape index (κ1) is 17.7. The van der Waals surface area contributed by atoms with E-state index >= 15 is 0 Å². The van der Waals surface area contributed by atoms with Crippen LogP contribution in [0.2, 0.25) is 0 Å². The number of Topliss-reactive ketones (excluding diaryl/α,β-unsaturated/α-hetero) is 2. The molecule has 0 aromatic carbocycles. The zero-order valence-electron chi connectivity index (χ0n) is 15.7. The minimum Gasteiger partial charge on any atom is -0.465 e. The summed E-state index contributed by atoms with van der Waals surface area (Å²) >= 11 is 0. The van der Waals surface area contributed by atoms with Crippen molar-refractivity contribution in [2.75, 3.05) is 13.1 Å². The number of hydrogen-bond acceptors (Lipinski definition) is 5. The molecule has 3 heterocycles. The number of hydrogen-bond donors (Lipinski definition) is 0. The van der Waals surface area contributed by atoms with Crippen LogP contribution in [0.15, 0.2) is 16.8 Å². The minimum absolute atomic E-state index is 0.0194. The van der Waals surface area contributed by atoms with Crippen molar-refractivity contribution >= 4 is 17.5 Å². The van der Waals surface area contributed by atoms with Gasteiger partial charge >= 0.3 is 0 Å². The van der Waals surface area contributed by atoms with E-state index in [0.717, 1.165) is 19.3 Å². The Hall–Kier alpha value is -2.70. The van der Waals surface area contributed by atoms with E-state index in [4.69, 9.17) is 4.42 Å². The quantitative estimate of drug-likeness (QED) is 0.776. The first-order valence-electron chi connectivity index (χ1n) is 9.43. The topological polar surface area (TPSA) is 85.4 Å². The third kappa shape index (κ3) is 3.01. The highest BCUT2D eigenvalue weighted by Gasteiger charge is 2.36. The highest BCUT2D eigenvalue weighted by Crippen LogP contribution is 2.31. The third-order valence-electron chi connectivity index (χ3n) is 5.58. The van der Waals surface area contributed by atoms with Gasteiger partial charge in [-0.15, -0.1) is 0 Å². The Morgan fingerprint density at radius 1 is 1.26 bits per heavy atom. The van der Waals surface area contributed by atoms with Crippen molar-refractivity contribution in [1.29, 1.82) is 0 Å². The fourth-order valence-corrected chi connectivity index (χ4v) is 4.18. The molecule has 142 valence electrons. The summed E-state index contributed by atoms with van der Waals surface area (Å²) < 4.78 is 7.43. The lowest BCUT2D eigenvalue weighted by atomic mass is 9.90. The molecule has 27 heavy (non-hydrogen) atoms. The molecule has 0 bridgehead atoms. The Morgan fingerprint density at radius 3 is 2.81 bits per heavy atom. The molecular formula is C20H23N3O4. The molecule has 2 aromatic rings. The van der Waals surface area contributed by atoms with E-state index in [1.807, 2.05) is 0 Å². The molecule has 2 aromatic heterocycles. The summed E-state index contributed by atoms with van der Waals surface area (Å²) in [5, 5.41) is 0. The van der Waals surface area contributed by atoms with Gasteiger partial charge in [0.1, 0.15) is 11.5 Å². The summed E-state index contributed by atoms with van der Waals surface area (Å²) in [5.41, 5.74) is 0.848. The van der Waals surface area contributed by atoms with E-state index in [9.17, 15) is 14.4 Å². The monoisotopic (exact) mass is 369 g/mol. The molecule has 0 saturated carbocycles. The normalized spacial score (nSPS) is 19.9. The van der Waals surface area contributed by atoms with Crippen LogP contribution >= 0.6 is 0 Å². The van der Waals surface area contributed by atoms with Crippen LogP contribution < -0.4 is 0 Å². The van der Waals surface area contributed by atoms with Gasteiger partial charge in [0.2, 0.25) is 5.78 Å². The van der Waals surface area contributed by atoms with Gasteiger partial charge in [-0.25, -0.2) is 4.98 Å². The first-order valence-corrected chi connectivity index (χ1v) is 9.43. The van der Waals surface area contributed by atoms with Gasteiger partial charge in [-0.05, 0) is 26.2 Å². The maximum atomic E-state index is 13.2. The SMILES string of the molecule is Cc1oc2c(c1C(=O)N1CCC[C@@H](C(=O)c3nccn3C)C1)C(=O)CCC2. The summed E-state index contributed by atoms with van der Waals surface area (Å²) in [6, 6.07) is 0. The second-order valence-electron chi connectivity index (χ2n) is 7.42. The standard InChI is InChI=1S/C20H23N3O4/c1-12-16(17-14(24)6-3-7-15(17)27-12)20(26)23-9-4-5-13(11-23)18(25)19-21-8-10-22(19)2/h8,10,13H,3-7,9,11H2,1-2H3/t13-/m1/s1. The predicted octanol–water partition coefficient (Wildman–Crippen LogP) is 2.58. The third-order valence-corrected chi connectivity index (χ3v) is 5.58. The number of likely N-dealkylation sites (tertiary alicyclic amines) is 1. The number of fused-ring (bicyclic) bond motifs is 1. The minimum atomic E-state index is -0.275. The molecule has 7 nitrogen and oxygen atoms in total. The fraction of sp³-hybridized carbons (Fsp3) is 0.500. The number of ketones is 2. The number of carbonyl (C=O) groups is 3. The van der Waals surface area contributed by atoms with E-state index < -0.39 is 0 Å². The number of nitrogens with zero attached hydrogens (tertiary/aromatic N) is 3. The molecule has 0 N–H and O–H groups in total. The second-order valence-corrected chi connectivity index (χ2v) is 7.42. The fourth-order valence-electron chi connectivity index (χ4n) is 4.18. The van der Waals surface area contributed by atoms with Gasteiger partial charge in [0, 0.05) is 51.3 Å². The summed E-state index contributed by atoms with van der Waals surface area (Å²) in [6.45, 7) is 2.66.